The zero-order valence-electron chi connectivity index (χ0n) is 11.3. The number of aromatic carboxylic acids is 1. The number of nitro benzene ring substituents is 1. The van der Waals surface area contributed by atoms with Gasteiger partial charge in [-0.1, -0.05) is 13.3 Å². The van der Waals surface area contributed by atoms with Gasteiger partial charge in [0.15, 0.2) is 0 Å². The van der Waals surface area contributed by atoms with Crippen molar-refractivity contribution in [1.82, 2.24) is 0 Å². The highest BCUT2D eigenvalue weighted by Crippen LogP contribution is 2.26. The predicted octanol–water partition coefficient (Wildman–Crippen LogP) is 2.92. The molecular formula is C13H18N2O4. The Balaban J connectivity index is 3.15. The topological polar surface area (TPSA) is 83.7 Å². The summed E-state index contributed by atoms with van der Waals surface area (Å²) in [5, 5.41) is 19.8. The Bertz CT molecular complexity index is 488. The molecule has 6 heteroatoms. The fourth-order valence-electron chi connectivity index (χ4n) is 1.94. The Labute approximate surface area is 111 Å². The minimum atomic E-state index is -1.29. The first-order chi connectivity index (χ1) is 8.88. The summed E-state index contributed by atoms with van der Waals surface area (Å²) in [6, 6.07) is 4.42. The smallest absolute Gasteiger partial charge is 0.342 e. The zero-order chi connectivity index (χ0) is 14.6. The van der Waals surface area contributed by atoms with E-state index in [2.05, 4.69) is 6.92 Å². The van der Waals surface area contributed by atoms with Crippen LogP contribution in [0.1, 0.15) is 37.0 Å². The van der Waals surface area contributed by atoms with Crippen molar-refractivity contribution in [3.63, 3.8) is 0 Å². The van der Waals surface area contributed by atoms with Gasteiger partial charge in [0, 0.05) is 24.8 Å². The average Bonchev–Trinajstić information content (AvgIpc) is 2.37. The summed E-state index contributed by atoms with van der Waals surface area (Å²) in [6.45, 7) is 4.11. The van der Waals surface area contributed by atoms with E-state index in [1.54, 1.807) is 6.07 Å². The zero-order valence-corrected chi connectivity index (χ0v) is 11.3. The Hall–Kier alpha value is -2.11. The molecule has 104 valence electrons. The fraction of sp³-hybridized carbons (Fsp3) is 0.462. The summed E-state index contributed by atoms with van der Waals surface area (Å²) in [7, 11) is 1.85. The highest BCUT2D eigenvalue weighted by molar-refractivity contribution is 5.93. The molecule has 0 saturated heterocycles. The van der Waals surface area contributed by atoms with Crippen molar-refractivity contribution < 1.29 is 14.8 Å². The lowest BCUT2D eigenvalue weighted by Crippen LogP contribution is -2.28. The number of anilines is 1. The molecule has 0 radical (unpaired) electrons. The number of nitro groups is 1. The Morgan fingerprint density at radius 2 is 2.16 bits per heavy atom. The van der Waals surface area contributed by atoms with Gasteiger partial charge in [0.1, 0.15) is 5.56 Å². The summed E-state index contributed by atoms with van der Waals surface area (Å²) in [5.41, 5.74) is 0.00907. The molecule has 0 aliphatic carbocycles. The molecule has 1 rings (SSSR count). The van der Waals surface area contributed by atoms with Gasteiger partial charge >= 0.3 is 5.97 Å². The van der Waals surface area contributed by atoms with E-state index in [4.69, 9.17) is 5.11 Å². The van der Waals surface area contributed by atoms with Gasteiger partial charge in [0.2, 0.25) is 0 Å². The molecule has 0 aliphatic heterocycles. The van der Waals surface area contributed by atoms with Crippen LogP contribution in [-0.4, -0.2) is 29.1 Å². The van der Waals surface area contributed by atoms with E-state index in [0.29, 0.717) is 5.69 Å². The Morgan fingerprint density at radius 3 is 2.63 bits per heavy atom. The van der Waals surface area contributed by atoms with Gasteiger partial charge in [-0.15, -0.1) is 0 Å². The molecule has 1 aromatic rings. The maximum atomic E-state index is 11.1. The van der Waals surface area contributed by atoms with Crippen LogP contribution in [0.25, 0.3) is 0 Å². The summed E-state index contributed by atoms with van der Waals surface area (Å²) >= 11 is 0. The fourth-order valence-corrected chi connectivity index (χ4v) is 1.94. The van der Waals surface area contributed by atoms with Crippen molar-refractivity contribution in [2.24, 2.45) is 0 Å². The van der Waals surface area contributed by atoms with Crippen LogP contribution in [0, 0.1) is 10.1 Å². The van der Waals surface area contributed by atoms with Crippen molar-refractivity contribution in [3.8, 4) is 0 Å². The molecule has 1 aromatic carbocycles. The molecule has 6 nitrogen and oxygen atoms in total. The second-order valence-electron chi connectivity index (χ2n) is 4.51. The van der Waals surface area contributed by atoms with Crippen LogP contribution < -0.4 is 4.90 Å². The van der Waals surface area contributed by atoms with Gasteiger partial charge in [0.25, 0.3) is 5.69 Å². The number of rotatable bonds is 6. The predicted molar refractivity (Wildman–Crippen MR) is 72.8 cm³/mol. The number of nitrogens with zero attached hydrogens (tertiary/aromatic N) is 2. The summed E-state index contributed by atoms with van der Waals surface area (Å²) < 4.78 is 0. The van der Waals surface area contributed by atoms with Gasteiger partial charge in [-0.25, -0.2) is 4.79 Å². The summed E-state index contributed by atoms with van der Waals surface area (Å²) in [6.07, 6.45) is 1.99. The molecule has 0 aliphatic rings. The van der Waals surface area contributed by atoms with Crippen molar-refractivity contribution >= 4 is 17.3 Å². The first-order valence-electron chi connectivity index (χ1n) is 6.13. The Morgan fingerprint density at radius 1 is 1.53 bits per heavy atom. The standard InChI is InChI=1S/C13H18N2O4/c1-4-5-9(2)14(3)10-6-7-12(15(18)19)11(8-10)13(16)17/h6-9H,4-5H2,1-3H3,(H,16,17). The monoisotopic (exact) mass is 266 g/mol. The highest BCUT2D eigenvalue weighted by atomic mass is 16.6. The van der Waals surface area contributed by atoms with Gasteiger partial charge in [-0.05, 0) is 25.5 Å². The van der Waals surface area contributed by atoms with E-state index in [0.717, 1.165) is 12.8 Å². The first kappa shape index (κ1) is 14.9. The van der Waals surface area contributed by atoms with Crippen molar-refractivity contribution in [2.45, 2.75) is 32.7 Å². The number of carboxylic acids is 1. The van der Waals surface area contributed by atoms with Crippen molar-refractivity contribution in [1.29, 1.82) is 0 Å². The number of carbonyl (C=O) groups is 1. The molecule has 19 heavy (non-hydrogen) atoms. The highest BCUT2D eigenvalue weighted by Gasteiger charge is 2.21. The van der Waals surface area contributed by atoms with E-state index in [1.807, 2.05) is 18.9 Å². The van der Waals surface area contributed by atoms with Gasteiger partial charge in [-0.2, -0.15) is 0 Å². The van der Waals surface area contributed by atoms with Gasteiger partial charge in [-0.3, -0.25) is 10.1 Å². The van der Waals surface area contributed by atoms with Crippen LogP contribution in [0.5, 0.6) is 0 Å². The second kappa shape index (κ2) is 6.17. The number of hydrogen-bond acceptors (Lipinski definition) is 4. The molecule has 1 unspecified atom stereocenters. The van der Waals surface area contributed by atoms with E-state index in [9.17, 15) is 14.9 Å². The third kappa shape index (κ3) is 3.43. The molecule has 0 heterocycles. The van der Waals surface area contributed by atoms with Crippen molar-refractivity contribution in [3.05, 3.63) is 33.9 Å². The number of benzene rings is 1. The van der Waals surface area contributed by atoms with Crippen LogP contribution in [0.4, 0.5) is 11.4 Å². The minimum absolute atomic E-state index is 0.244. The van der Waals surface area contributed by atoms with Crippen LogP contribution in [-0.2, 0) is 0 Å². The van der Waals surface area contributed by atoms with Crippen molar-refractivity contribution in [2.75, 3.05) is 11.9 Å². The van der Waals surface area contributed by atoms with Crippen LogP contribution >= 0.6 is 0 Å². The lowest BCUT2D eigenvalue weighted by molar-refractivity contribution is -0.385. The summed E-state index contributed by atoms with van der Waals surface area (Å²) in [5.74, 6) is -1.29. The average molecular weight is 266 g/mol. The Kier molecular flexibility index (Phi) is 4.86. The second-order valence-corrected chi connectivity index (χ2v) is 4.51. The van der Waals surface area contributed by atoms with Gasteiger partial charge in [0.05, 0.1) is 4.92 Å². The van der Waals surface area contributed by atoms with E-state index in [1.165, 1.54) is 12.1 Å². The number of carboxylic acid groups (broad SMARTS) is 1. The van der Waals surface area contributed by atoms with Crippen LogP contribution in [0.15, 0.2) is 18.2 Å². The maximum Gasteiger partial charge on any atom is 0.342 e. The molecular weight excluding hydrogens is 248 g/mol. The van der Waals surface area contributed by atoms with Gasteiger partial charge < -0.3 is 10.0 Å². The number of hydrogen-bond donors (Lipinski definition) is 1. The molecule has 0 fully saturated rings. The van der Waals surface area contributed by atoms with E-state index >= 15 is 0 Å². The van der Waals surface area contributed by atoms with E-state index < -0.39 is 10.9 Å². The quantitative estimate of drug-likeness (QED) is 0.632. The van der Waals surface area contributed by atoms with Crippen LogP contribution in [0.2, 0.25) is 0 Å². The largest absolute Gasteiger partial charge is 0.477 e. The maximum absolute atomic E-state index is 11.1. The third-order valence-electron chi connectivity index (χ3n) is 3.18. The third-order valence-corrected chi connectivity index (χ3v) is 3.18. The first-order valence-corrected chi connectivity index (χ1v) is 6.13. The molecule has 0 amide bonds. The van der Waals surface area contributed by atoms with E-state index in [-0.39, 0.29) is 17.3 Å². The molecule has 0 spiro atoms. The molecule has 1 N–H and O–H groups in total. The minimum Gasteiger partial charge on any atom is -0.477 e. The van der Waals surface area contributed by atoms with Crippen LogP contribution in [0.3, 0.4) is 0 Å². The normalized spacial score (nSPS) is 11.9. The lowest BCUT2D eigenvalue weighted by Gasteiger charge is -2.27. The molecule has 0 aromatic heterocycles. The molecule has 1 atom stereocenters. The SMILES string of the molecule is CCCC(C)N(C)c1ccc([N+](=O)[O-])c(C(=O)O)c1. The summed E-state index contributed by atoms with van der Waals surface area (Å²) in [4.78, 5) is 23.1. The lowest BCUT2D eigenvalue weighted by atomic mass is 10.1. The molecule has 0 bridgehead atoms. The molecule has 0 saturated carbocycles.